The van der Waals surface area contributed by atoms with Crippen molar-refractivity contribution in [2.45, 2.75) is 44.6 Å². The molecule has 2 aromatic rings. The molecule has 0 bridgehead atoms. The van der Waals surface area contributed by atoms with Crippen LogP contribution in [-0.4, -0.2) is 44.8 Å². The first-order valence-electron chi connectivity index (χ1n) is 8.52. The van der Waals surface area contributed by atoms with Crippen molar-refractivity contribution in [3.8, 4) is 0 Å². The summed E-state index contributed by atoms with van der Waals surface area (Å²) in [6, 6.07) is 4.32. The molecule has 4 rings (SSSR count). The third kappa shape index (κ3) is 3.00. The molecule has 3 heterocycles. The second-order valence-corrected chi connectivity index (χ2v) is 6.58. The number of nitrogens with zero attached hydrogens (tertiary/aromatic N) is 5. The van der Waals surface area contributed by atoms with E-state index in [4.69, 9.17) is 0 Å². The quantitative estimate of drug-likeness (QED) is 0.927. The number of piperidine rings is 1. The lowest BCUT2D eigenvalue weighted by molar-refractivity contribution is -0.126. The van der Waals surface area contributed by atoms with Crippen molar-refractivity contribution in [2.24, 2.45) is 5.92 Å². The van der Waals surface area contributed by atoms with Gasteiger partial charge in [0, 0.05) is 25.0 Å². The zero-order valence-electron chi connectivity index (χ0n) is 13.2. The Morgan fingerprint density at radius 3 is 2.70 bits per heavy atom. The summed E-state index contributed by atoms with van der Waals surface area (Å²) in [5.41, 5.74) is 0.750. The van der Waals surface area contributed by atoms with Crippen molar-refractivity contribution in [3.63, 3.8) is 0 Å². The van der Waals surface area contributed by atoms with Crippen molar-refractivity contribution in [3.05, 3.63) is 18.5 Å². The van der Waals surface area contributed by atoms with Crippen molar-refractivity contribution in [1.82, 2.24) is 25.1 Å². The normalized spacial score (nSPS) is 20.3. The van der Waals surface area contributed by atoms with Crippen LogP contribution in [0, 0.1) is 5.92 Å². The summed E-state index contributed by atoms with van der Waals surface area (Å²) in [6.07, 6.45) is 8.18. The topological polar surface area (TPSA) is 75.4 Å². The van der Waals surface area contributed by atoms with Gasteiger partial charge in [-0.1, -0.05) is 12.8 Å². The summed E-state index contributed by atoms with van der Waals surface area (Å²) in [7, 11) is 0. The molecule has 2 aliphatic rings. The molecular weight excluding hydrogens is 292 g/mol. The number of nitrogens with one attached hydrogen (secondary N) is 1. The van der Waals surface area contributed by atoms with Gasteiger partial charge in [-0.3, -0.25) is 4.79 Å². The SMILES string of the molecule is O=C(NC1CCCC1)C1CCN(c2ccc3nncn3n2)CC1. The summed E-state index contributed by atoms with van der Waals surface area (Å²) < 4.78 is 1.69. The molecule has 2 aromatic heterocycles. The molecule has 7 heteroatoms. The Labute approximate surface area is 135 Å². The maximum atomic E-state index is 12.4. The first kappa shape index (κ1) is 14.4. The van der Waals surface area contributed by atoms with Crippen LogP contribution in [0.3, 0.4) is 0 Å². The highest BCUT2D eigenvalue weighted by atomic mass is 16.1. The van der Waals surface area contributed by atoms with E-state index in [0.717, 1.165) is 50.2 Å². The number of amides is 1. The predicted molar refractivity (Wildman–Crippen MR) is 86.1 cm³/mol. The molecule has 0 atom stereocenters. The van der Waals surface area contributed by atoms with E-state index in [9.17, 15) is 4.79 Å². The molecule has 0 radical (unpaired) electrons. The fourth-order valence-corrected chi connectivity index (χ4v) is 3.65. The fraction of sp³-hybridized carbons (Fsp3) is 0.625. The van der Waals surface area contributed by atoms with E-state index in [1.165, 1.54) is 12.8 Å². The van der Waals surface area contributed by atoms with E-state index in [2.05, 4.69) is 25.5 Å². The molecule has 0 spiro atoms. The van der Waals surface area contributed by atoms with Crippen LogP contribution in [0.4, 0.5) is 5.82 Å². The van der Waals surface area contributed by atoms with E-state index in [1.807, 2.05) is 12.1 Å². The van der Waals surface area contributed by atoms with Gasteiger partial charge < -0.3 is 10.2 Å². The van der Waals surface area contributed by atoms with Crippen molar-refractivity contribution in [1.29, 1.82) is 0 Å². The van der Waals surface area contributed by atoms with Gasteiger partial charge in [0.05, 0.1) is 0 Å². The molecule has 0 aromatic carbocycles. The molecule has 7 nitrogen and oxygen atoms in total. The molecule has 1 N–H and O–H groups in total. The summed E-state index contributed by atoms with van der Waals surface area (Å²) in [6.45, 7) is 1.73. The van der Waals surface area contributed by atoms with Gasteiger partial charge in [-0.05, 0) is 37.8 Å². The number of anilines is 1. The minimum absolute atomic E-state index is 0.144. The summed E-state index contributed by atoms with van der Waals surface area (Å²) in [5, 5.41) is 15.6. The van der Waals surface area contributed by atoms with Crippen LogP contribution in [0.1, 0.15) is 38.5 Å². The van der Waals surface area contributed by atoms with Crippen LogP contribution in [-0.2, 0) is 4.79 Å². The number of aromatic nitrogens is 4. The first-order chi connectivity index (χ1) is 11.3. The van der Waals surface area contributed by atoms with Crippen molar-refractivity contribution < 1.29 is 4.79 Å². The monoisotopic (exact) mass is 314 g/mol. The number of fused-ring (bicyclic) bond motifs is 1. The third-order valence-electron chi connectivity index (χ3n) is 5.04. The van der Waals surface area contributed by atoms with E-state index in [1.54, 1.807) is 10.8 Å². The maximum absolute atomic E-state index is 12.4. The summed E-state index contributed by atoms with van der Waals surface area (Å²) in [5.74, 6) is 1.32. The molecule has 122 valence electrons. The smallest absolute Gasteiger partial charge is 0.223 e. The lowest BCUT2D eigenvalue weighted by Gasteiger charge is -2.32. The molecule has 1 amide bonds. The van der Waals surface area contributed by atoms with Crippen molar-refractivity contribution >= 4 is 17.4 Å². The Kier molecular flexibility index (Phi) is 3.85. The van der Waals surface area contributed by atoms with E-state index in [-0.39, 0.29) is 11.8 Å². The highest BCUT2D eigenvalue weighted by molar-refractivity contribution is 5.79. The second kappa shape index (κ2) is 6.14. The Balaban J connectivity index is 1.35. The molecule has 23 heavy (non-hydrogen) atoms. The Bertz CT molecular complexity index is 685. The van der Waals surface area contributed by atoms with Gasteiger partial charge in [0.2, 0.25) is 5.91 Å². The summed E-state index contributed by atoms with van der Waals surface area (Å²) >= 11 is 0. The zero-order chi connectivity index (χ0) is 15.6. The van der Waals surface area contributed by atoms with E-state index < -0.39 is 0 Å². The average molecular weight is 314 g/mol. The molecule has 1 aliphatic carbocycles. The van der Waals surface area contributed by atoms with Crippen LogP contribution in [0.15, 0.2) is 18.5 Å². The lowest BCUT2D eigenvalue weighted by Crippen LogP contribution is -2.43. The molecule has 1 saturated heterocycles. The fourth-order valence-electron chi connectivity index (χ4n) is 3.65. The average Bonchev–Trinajstić information content (AvgIpc) is 3.25. The molecular formula is C16H22N6O. The minimum atomic E-state index is 0.144. The van der Waals surface area contributed by atoms with Gasteiger partial charge in [0.25, 0.3) is 0 Å². The Morgan fingerprint density at radius 1 is 1.13 bits per heavy atom. The van der Waals surface area contributed by atoms with Crippen LogP contribution in [0.5, 0.6) is 0 Å². The molecule has 0 unspecified atom stereocenters. The number of carbonyl (C=O) groups excluding carboxylic acids is 1. The van der Waals surface area contributed by atoms with Gasteiger partial charge in [0.1, 0.15) is 12.1 Å². The van der Waals surface area contributed by atoms with E-state index >= 15 is 0 Å². The highest BCUT2D eigenvalue weighted by Gasteiger charge is 2.28. The predicted octanol–water partition coefficient (Wildman–Crippen LogP) is 1.40. The molecule has 2 fully saturated rings. The van der Waals surface area contributed by atoms with E-state index in [0.29, 0.717) is 6.04 Å². The zero-order valence-corrected chi connectivity index (χ0v) is 13.2. The van der Waals surface area contributed by atoms with Gasteiger partial charge in [-0.15, -0.1) is 15.3 Å². The lowest BCUT2D eigenvalue weighted by atomic mass is 9.95. The molecule has 1 aliphatic heterocycles. The number of carbonyl (C=O) groups is 1. The molecule has 1 saturated carbocycles. The minimum Gasteiger partial charge on any atom is -0.355 e. The largest absolute Gasteiger partial charge is 0.355 e. The van der Waals surface area contributed by atoms with Gasteiger partial charge in [-0.25, -0.2) is 0 Å². The van der Waals surface area contributed by atoms with Crippen LogP contribution in [0.25, 0.3) is 5.65 Å². The standard InChI is InChI=1S/C16H22N6O/c23-16(18-13-3-1-2-4-13)12-7-9-21(10-8-12)15-6-5-14-19-17-11-22(14)20-15/h5-6,11-13H,1-4,7-10H2,(H,18,23). The van der Waals surface area contributed by atoms with Gasteiger partial charge in [0.15, 0.2) is 5.65 Å². The van der Waals surface area contributed by atoms with Gasteiger partial charge >= 0.3 is 0 Å². The van der Waals surface area contributed by atoms with Crippen LogP contribution < -0.4 is 10.2 Å². The maximum Gasteiger partial charge on any atom is 0.223 e. The Hall–Kier alpha value is -2.18. The number of hydrogen-bond donors (Lipinski definition) is 1. The number of rotatable bonds is 3. The van der Waals surface area contributed by atoms with Gasteiger partial charge in [-0.2, -0.15) is 4.52 Å². The van der Waals surface area contributed by atoms with Crippen LogP contribution in [0.2, 0.25) is 0 Å². The highest BCUT2D eigenvalue weighted by Crippen LogP contribution is 2.23. The first-order valence-corrected chi connectivity index (χ1v) is 8.52. The second-order valence-electron chi connectivity index (χ2n) is 6.58. The van der Waals surface area contributed by atoms with Crippen LogP contribution >= 0.6 is 0 Å². The Morgan fingerprint density at radius 2 is 1.91 bits per heavy atom. The third-order valence-corrected chi connectivity index (χ3v) is 5.04. The number of hydrogen-bond acceptors (Lipinski definition) is 5. The summed E-state index contributed by atoms with van der Waals surface area (Å²) in [4.78, 5) is 14.6. The van der Waals surface area contributed by atoms with Crippen molar-refractivity contribution in [2.75, 3.05) is 18.0 Å².